The Morgan fingerprint density at radius 1 is 1.03 bits per heavy atom. The zero-order chi connectivity index (χ0) is 21.3. The first-order chi connectivity index (χ1) is 14.5. The summed E-state index contributed by atoms with van der Waals surface area (Å²) in [5.74, 6) is 1.02. The fourth-order valence-electron chi connectivity index (χ4n) is 3.80. The Morgan fingerprint density at radius 3 is 2.47 bits per heavy atom. The van der Waals surface area contributed by atoms with Gasteiger partial charge in [-0.1, -0.05) is 18.2 Å². The van der Waals surface area contributed by atoms with Gasteiger partial charge in [-0.25, -0.2) is 4.79 Å². The van der Waals surface area contributed by atoms with Crippen molar-refractivity contribution < 1.29 is 14.3 Å². The maximum atomic E-state index is 12.5. The highest BCUT2D eigenvalue weighted by atomic mass is 16.5. The average Bonchev–Trinajstić information content (AvgIpc) is 3.23. The van der Waals surface area contributed by atoms with Crippen molar-refractivity contribution in [2.24, 2.45) is 0 Å². The summed E-state index contributed by atoms with van der Waals surface area (Å²) in [5, 5.41) is 0. The van der Waals surface area contributed by atoms with Gasteiger partial charge in [-0.3, -0.25) is 0 Å². The molecule has 0 bridgehead atoms. The van der Waals surface area contributed by atoms with E-state index in [-0.39, 0.29) is 5.97 Å². The smallest absolute Gasteiger partial charge is 0.343 e. The van der Waals surface area contributed by atoms with E-state index in [2.05, 4.69) is 43.5 Å². The average molecular weight is 399 g/mol. The maximum absolute atomic E-state index is 12.5. The number of carbonyl (C=O) groups excluding carboxylic acids is 1. The molecule has 4 rings (SSSR count). The van der Waals surface area contributed by atoms with Crippen molar-refractivity contribution in [3.05, 3.63) is 94.3 Å². The van der Waals surface area contributed by atoms with E-state index >= 15 is 0 Å². The van der Waals surface area contributed by atoms with E-state index in [4.69, 9.17) is 9.47 Å². The molecule has 0 saturated heterocycles. The Bertz CT molecular complexity index is 1160. The van der Waals surface area contributed by atoms with Crippen LogP contribution in [0.4, 0.5) is 0 Å². The summed E-state index contributed by atoms with van der Waals surface area (Å²) in [6, 6.07) is 18.0. The van der Waals surface area contributed by atoms with E-state index in [9.17, 15) is 4.79 Å². The lowest BCUT2D eigenvalue weighted by molar-refractivity contribution is -0.130. The van der Waals surface area contributed by atoms with Gasteiger partial charge in [0.1, 0.15) is 11.5 Å². The van der Waals surface area contributed by atoms with Crippen molar-refractivity contribution in [3.8, 4) is 11.4 Å². The van der Waals surface area contributed by atoms with E-state index < -0.39 is 0 Å². The van der Waals surface area contributed by atoms with Crippen molar-refractivity contribution in [2.75, 3.05) is 6.61 Å². The molecule has 4 heteroatoms. The van der Waals surface area contributed by atoms with Crippen LogP contribution in [0.3, 0.4) is 0 Å². The lowest BCUT2D eigenvalue weighted by Crippen LogP contribution is -2.01. The Balaban J connectivity index is 1.67. The van der Waals surface area contributed by atoms with Crippen LogP contribution in [0.1, 0.15) is 35.0 Å². The molecule has 0 aliphatic carbocycles. The molecule has 0 amide bonds. The number of hydrogen-bond donors (Lipinski definition) is 0. The van der Waals surface area contributed by atoms with E-state index in [1.54, 1.807) is 6.08 Å². The molecule has 1 aliphatic rings. The number of cyclic esters (lactones) is 1. The summed E-state index contributed by atoms with van der Waals surface area (Å²) >= 11 is 0. The molecule has 1 aromatic heterocycles. The highest BCUT2D eigenvalue weighted by Crippen LogP contribution is 2.30. The van der Waals surface area contributed by atoms with E-state index in [1.165, 1.54) is 5.56 Å². The number of aryl methyl sites for hydroxylation is 2. The monoisotopic (exact) mass is 399 g/mol. The van der Waals surface area contributed by atoms with Crippen LogP contribution in [-0.2, 0) is 9.53 Å². The second-order valence-electron chi connectivity index (χ2n) is 7.40. The molecule has 152 valence electrons. The highest BCUT2D eigenvalue weighted by Gasteiger charge is 2.23. The minimum atomic E-state index is -0.334. The highest BCUT2D eigenvalue weighted by molar-refractivity contribution is 6.05. The molecule has 2 aromatic carbocycles. The third-order valence-corrected chi connectivity index (χ3v) is 5.31. The van der Waals surface area contributed by atoms with Gasteiger partial charge in [-0.15, -0.1) is 0 Å². The van der Waals surface area contributed by atoms with Gasteiger partial charge in [-0.05, 0) is 87.4 Å². The normalized spacial score (nSPS) is 14.7. The number of carbonyl (C=O) groups is 1. The van der Waals surface area contributed by atoms with Crippen molar-refractivity contribution >= 4 is 17.8 Å². The minimum Gasteiger partial charge on any atom is -0.494 e. The molecule has 2 heterocycles. The lowest BCUT2D eigenvalue weighted by Gasteiger charge is -2.12. The van der Waals surface area contributed by atoms with Crippen LogP contribution in [0.5, 0.6) is 5.75 Å². The summed E-state index contributed by atoms with van der Waals surface area (Å²) < 4.78 is 13.2. The fraction of sp³-hybridized carbons (Fsp3) is 0.192. The second-order valence-corrected chi connectivity index (χ2v) is 7.40. The summed E-state index contributed by atoms with van der Waals surface area (Å²) in [6.45, 7) is 8.82. The fourth-order valence-corrected chi connectivity index (χ4v) is 3.80. The Kier molecular flexibility index (Phi) is 5.32. The molecule has 0 radical (unpaired) electrons. The van der Waals surface area contributed by atoms with Gasteiger partial charge < -0.3 is 14.0 Å². The molecule has 0 unspecified atom stereocenters. The number of para-hydroxylation sites is 1. The SMILES string of the molecule is CCOc1ccc(C2=C/C(=C/c3cc(C)n(-c4ccccc4C)c3C)C(=O)O2)cc1. The molecule has 30 heavy (non-hydrogen) atoms. The van der Waals surface area contributed by atoms with Crippen molar-refractivity contribution in [1.29, 1.82) is 0 Å². The first kappa shape index (κ1) is 19.8. The zero-order valence-corrected chi connectivity index (χ0v) is 17.7. The van der Waals surface area contributed by atoms with Gasteiger partial charge in [0.2, 0.25) is 0 Å². The molecule has 0 fully saturated rings. The first-order valence-electron chi connectivity index (χ1n) is 10.1. The van der Waals surface area contributed by atoms with Crippen LogP contribution in [0, 0.1) is 20.8 Å². The van der Waals surface area contributed by atoms with Gasteiger partial charge in [-0.2, -0.15) is 0 Å². The number of hydrogen-bond acceptors (Lipinski definition) is 3. The van der Waals surface area contributed by atoms with Crippen LogP contribution in [0.25, 0.3) is 17.5 Å². The largest absolute Gasteiger partial charge is 0.494 e. The molecule has 0 atom stereocenters. The van der Waals surface area contributed by atoms with Crippen LogP contribution in [-0.4, -0.2) is 17.1 Å². The number of ether oxygens (including phenoxy) is 2. The molecular weight excluding hydrogens is 374 g/mol. The number of esters is 1. The summed E-state index contributed by atoms with van der Waals surface area (Å²) in [7, 11) is 0. The van der Waals surface area contributed by atoms with Gasteiger partial charge in [0.05, 0.1) is 12.2 Å². The molecule has 1 aliphatic heterocycles. The Hall–Kier alpha value is -3.53. The Morgan fingerprint density at radius 2 is 1.77 bits per heavy atom. The topological polar surface area (TPSA) is 40.5 Å². The summed E-state index contributed by atoms with van der Waals surface area (Å²) in [4.78, 5) is 12.5. The minimum absolute atomic E-state index is 0.334. The van der Waals surface area contributed by atoms with E-state index in [0.717, 1.165) is 34.0 Å². The van der Waals surface area contributed by atoms with E-state index in [0.29, 0.717) is 17.9 Å². The van der Waals surface area contributed by atoms with Gasteiger partial charge in [0.15, 0.2) is 0 Å². The molecular formula is C26H25NO3. The van der Waals surface area contributed by atoms with Crippen molar-refractivity contribution in [3.63, 3.8) is 0 Å². The third kappa shape index (κ3) is 3.69. The zero-order valence-electron chi connectivity index (χ0n) is 17.7. The third-order valence-electron chi connectivity index (χ3n) is 5.31. The number of benzene rings is 2. The quantitative estimate of drug-likeness (QED) is 0.403. The van der Waals surface area contributed by atoms with E-state index in [1.807, 2.05) is 49.4 Å². The van der Waals surface area contributed by atoms with Crippen LogP contribution < -0.4 is 4.74 Å². The van der Waals surface area contributed by atoms with Crippen LogP contribution in [0.15, 0.2) is 66.2 Å². The standard InChI is InChI=1S/C26H25NO3/c1-5-29-23-12-10-20(11-13-23)25-16-22(26(28)30-25)15-21-14-18(3)27(19(21)4)24-9-7-6-8-17(24)2/h6-16H,5H2,1-4H3/b22-15-. The number of nitrogens with zero attached hydrogens (tertiary/aromatic N) is 1. The van der Waals surface area contributed by atoms with Crippen LogP contribution in [0.2, 0.25) is 0 Å². The lowest BCUT2D eigenvalue weighted by atomic mass is 10.1. The molecule has 0 spiro atoms. The van der Waals surface area contributed by atoms with Gasteiger partial charge >= 0.3 is 5.97 Å². The molecule has 0 saturated carbocycles. The van der Waals surface area contributed by atoms with Gasteiger partial charge in [0, 0.05) is 22.6 Å². The number of rotatable bonds is 5. The summed E-state index contributed by atoms with van der Waals surface area (Å²) in [5.41, 5.74) is 6.96. The van der Waals surface area contributed by atoms with Crippen LogP contribution >= 0.6 is 0 Å². The molecule has 4 nitrogen and oxygen atoms in total. The Labute approximate surface area is 177 Å². The summed E-state index contributed by atoms with van der Waals surface area (Å²) in [6.07, 6.45) is 3.71. The predicted molar refractivity (Wildman–Crippen MR) is 120 cm³/mol. The maximum Gasteiger partial charge on any atom is 0.343 e. The first-order valence-corrected chi connectivity index (χ1v) is 10.1. The predicted octanol–water partition coefficient (Wildman–Crippen LogP) is 5.78. The second kappa shape index (κ2) is 8.07. The van der Waals surface area contributed by atoms with Crippen molar-refractivity contribution in [2.45, 2.75) is 27.7 Å². The number of aromatic nitrogens is 1. The molecule has 0 N–H and O–H groups in total. The molecule has 3 aromatic rings. The van der Waals surface area contributed by atoms with Crippen molar-refractivity contribution in [1.82, 2.24) is 4.57 Å². The van der Waals surface area contributed by atoms with Gasteiger partial charge in [0.25, 0.3) is 0 Å².